The molecule has 0 bridgehead atoms. The summed E-state index contributed by atoms with van der Waals surface area (Å²) in [4.78, 5) is 14.9. The molecular formula is C8H20BN3O. The van der Waals surface area contributed by atoms with Crippen molar-refractivity contribution in [3.8, 4) is 0 Å². The summed E-state index contributed by atoms with van der Waals surface area (Å²) in [5, 5.41) is 2.58. The molecule has 0 rings (SSSR count). The second kappa shape index (κ2) is 4.51. The Hall–Kier alpha value is -0.705. The average Bonchev–Trinajstić information content (AvgIpc) is 2.01. The van der Waals surface area contributed by atoms with Crippen LogP contribution in [0.25, 0.3) is 0 Å². The highest BCUT2D eigenvalue weighted by atomic mass is 16.2. The second-order valence-corrected chi connectivity index (χ2v) is 4.26. The summed E-state index contributed by atoms with van der Waals surface area (Å²) in [6.45, 7) is 6.35. The van der Waals surface area contributed by atoms with E-state index in [1.165, 1.54) is 0 Å². The van der Waals surface area contributed by atoms with Gasteiger partial charge in [-0.05, 0) is 34.9 Å². The lowest BCUT2D eigenvalue weighted by Gasteiger charge is -2.34. The molecule has 0 saturated carbocycles. The van der Waals surface area contributed by atoms with Crippen molar-refractivity contribution in [1.29, 1.82) is 0 Å². The van der Waals surface area contributed by atoms with Gasteiger partial charge >= 0.3 is 13.6 Å². The third kappa shape index (κ3) is 4.17. The Morgan fingerprint density at radius 1 is 1.31 bits per heavy atom. The molecule has 0 atom stereocenters. The largest absolute Gasteiger partial charge is 0.359 e. The van der Waals surface area contributed by atoms with E-state index in [4.69, 9.17) is 0 Å². The number of nitrogens with zero attached hydrogens (tertiary/aromatic N) is 2. The number of amides is 2. The Morgan fingerprint density at radius 2 is 1.77 bits per heavy atom. The van der Waals surface area contributed by atoms with Gasteiger partial charge in [0, 0.05) is 12.6 Å². The molecule has 0 aliphatic rings. The van der Waals surface area contributed by atoms with E-state index in [2.05, 4.69) is 30.9 Å². The lowest BCUT2D eigenvalue weighted by atomic mass is 9.95. The lowest BCUT2D eigenvalue weighted by Crippen LogP contribution is -2.50. The maximum atomic E-state index is 11.2. The molecule has 0 radical (unpaired) electrons. The highest BCUT2D eigenvalue weighted by molar-refractivity contribution is 6.33. The van der Waals surface area contributed by atoms with Crippen molar-refractivity contribution < 1.29 is 4.79 Å². The molecule has 13 heavy (non-hydrogen) atoms. The van der Waals surface area contributed by atoms with Crippen LogP contribution in [0, 0.1) is 0 Å². The van der Waals surface area contributed by atoms with Crippen LogP contribution in [-0.2, 0) is 0 Å². The predicted octanol–water partition coefficient (Wildman–Crippen LogP) is 0.254. The van der Waals surface area contributed by atoms with E-state index in [1.54, 1.807) is 18.9 Å². The zero-order chi connectivity index (χ0) is 10.6. The van der Waals surface area contributed by atoms with Gasteiger partial charge in [0.2, 0.25) is 0 Å². The second-order valence-electron chi connectivity index (χ2n) is 4.26. The third-order valence-corrected chi connectivity index (χ3v) is 2.13. The fraction of sp³-hybridized carbons (Fsp3) is 0.875. The normalized spacial score (nSPS) is 11.3. The van der Waals surface area contributed by atoms with Crippen LogP contribution in [-0.4, -0.2) is 49.9 Å². The van der Waals surface area contributed by atoms with Crippen LogP contribution in [0.4, 0.5) is 4.79 Å². The van der Waals surface area contributed by atoms with Crippen molar-refractivity contribution in [3.05, 3.63) is 0 Å². The van der Waals surface area contributed by atoms with Crippen LogP contribution in [0.3, 0.4) is 0 Å². The summed E-state index contributed by atoms with van der Waals surface area (Å²) >= 11 is 0. The van der Waals surface area contributed by atoms with Gasteiger partial charge in [-0.3, -0.25) is 0 Å². The van der Waals surface area contributed by atoms with Gasteiger partial charge in [-0.1, -0.05) is 0 Å². The van der Waals surface area contributed by atoms with Gasteiger partial charge in [0.1, 0.15) is 0 Å². The van der Waals surface area contributed by atoms with E-state index in [9.17, 15) is 4.79 Å². The van der Waals surface area contributed by atoms with Gasteiger partial charge in [-0.25, -0.2) is 4.79 Å². The molecule has 1 N–H and O–H groups in total. The van der Waals surface area contributed by atoms with Gasteiger partial charge < -0.3 is 14.9 Å². The van der Waals surface area contributed by atoms with Crippen LogP contribution in [0.2, 0.25) is 0 Å². The standard InChI is InChI=1S/C8H20BN3O/c1-8(2,3)12(6)9-11(5)7(13)10-4/h9H,1-6H3,(H,10,13). The number of urea groups is 1. The van der Waals surface area contributed by atoms with E-state index in [0.29, 0.717) is 7.55 Å². The van der Waals surface area contributed by atoms with Gasteiger partial charge in [0.05, 0.1) is 0 Å². The van der Waals surface area contributed by atoms with Crippen molar-refractivity contribution in [1.82, 2.24) is 14.9 Å². The van der Waals surface area contributed by atoms with E-state index >= 15 is 0 Å². The number of rotatable bonds is 2. The Bertz CT molecular complexity index is 179. The molecule has 0 fully saturated rings. The minimum Gasteiger partial charge on any atom is -0.359 e. The van der Waals surface area contributed by atoms with Crippen LogP contribution in [0.15, 0.2) is 0 Å². The van der Waals surface area contributed by atoms with Crippen LogP contribution in [0.1, 0.15) is 20.8 Å². The summed E-state index contributed by atoms with van der Waals surface area (Å²) in [6.07, 6.45) is 0. The smallest absolute Gasteiger partial charge is 0.328 e. The summed E-state index contributed by atoms with van der Waals surface area (Å²) < 4.78 is 0. The summed E-state index contributed by atoms with van der Waals surface area (Å²) in [7, 11) is 6.04. The van der Waals surface area contributed by atoms with Gasteiger partial charge in [-0.15, -0.1) is 0 Å². The molecular weight excluding hydrogens is 165 g/mol. The SMILES string of the molecule is CNC(=O)N(C)BN(C)C(C)(C)C. The molecule has 0 aromatic rings. The fourth-order valence-corrected chi connectivity index (χ4v) is 0.785. The van der Waals surface area contributed by atoms with Crippen molar-refractivity contribution in [2.75, 3.05) is 21.1 Å². The quantitative estimate of drug-likeness (QED) is 0.626. The fourth-order valence-electron chi connectivity index (χ4n) is 0.785. The van der Waals surface area contributed by atoms with Crippen LogP contribution < -0.4 is 5.32 Å². The van der Waals surface area contributed by atoms with E-state index in [1.807, 2.05) is 7.05 Å². The predicted molar refractivity (Wildman–Crippen MR) is 56.9 cm³/mol. The Balaban J connectivity index is 4.06. The van der Waals surface area contributed by atoms with E-state index < -0.39 is 0 Å². The molecule has 5 heteroatoms. The molecule has 0 aromatic heterocycles. The maximum absolute atomic E-state index is 11.2. The number of nitrogens with one attached hydrogen (secondary N) is 1. The van der Waals surface area contributed by atoms with Gasteiger partial charge in [-0.2, -0.15) is 0 Å². The Kier molecular flexibility index (Phi) is 4.26. The highest BCUT2D eigenvalue weighted by Crippen LogP contribution is 2.08. The molecule has 0 aromatic carbocycles. The van der Waals surface area contributed by atoms with E-state index in [-0.39, 0.29) is 11.6 Å². The van der Waals surface area contributed by atoms with Crippen molar-refractivity contribution in [2.45, 2.75) is 26.3 Å². The van der Waals surface area contributed by atoms with Crippen molar-refractivity contribution in [3.63, 3.8) is 0 Å². The first kappa shape index (κ1) is 12.3. The third-order valence-electron chi connectivity index (χ3n) is 2.13. The first-order valence-electron chi connectivity index (χ1n) is 4.43. The van der Waals surface area contributed by atoms with E-state index in [0.717, 1.165) is 0 Å². The molecule has 0 spiro atoms. The molecule has 2 amide bonds. The van der Waals surface area contributed by atoms with Crippen molar-refractivity contribution >= 4 is 13.6 Å². The molecule has 0 heterocycles. The number of hydrogen-bond acceptors (Lipinski definition) is 2. The molecule has 0 unspecified atom stereocenters. The minimum atomic E-state index is -0.0592. The first-order valence-corrected chi connectivity index (χ1v) is 4.43. The molecule has 76 valence electrons. The topological polar surface area (TPSA) is 35.6 Å². The highest BCUT2D eigenvalue weighted by Gasteiger charge is 2.21. The van der Waals surface area contributed by atoms with Gasteiger partial charge in [0.15, 0.2) is 0 Å². The summed E-state index contributed by atoms with van der Waals surface area (Å²) in [5.41, 5.74) is 0.0856. The maximum Gasteiger partial charge on any atom is 0.328 e. The van der Waals surface area contributed by atoms with Gasteiger partial charge in [0.25, 0.3) is 0 Å². The van der Waals surface area contributed by atoms with Crippen molar-refractivity contribution in [2.24, 2.45) is 0 Å². The zero-order valence-electron chi connectivity index (χ0n) is 9.51. The number of hydrogen-bond donors (Lipinski definition) is 1. The first-order chi connectivity index (χ1) is 5.79. The average molecular weight is 185 g/mol. The summed E-state index contributed by atoms with van der Waals surface area (Å²) in [5.74, 6) is 0. The molecule has 0 aliphatic heterocycles. The minimum absolute atomic E-state index is 0.0592. The molecule has 4 nitrogen and oxygen atoms in total. The molecule has 0 saturated heterocycles. The summed E-state index contributed by atoms with van der Waals surface area (Å²) in [6, 6.07) is -0.0592. The Morgan fingerprint density at radius 3 is 2.08 bits per heavy atom. The van der Waals surface area contributed by atoms with Crippen LogP contribution >= 0.6 is 0 Å². The van der Waals surface area contributed by atoms with Crippen LogP contribution in [0.5, 0.6) is 0 Å². The molecule has 0 aliphatic carbocycles. The Labute approximate surface area is 81.6 Å². The number of carbonyl (C=O) groups excluding carboxylic acids is 1. The number of carbonyl (C=O) groups is 1. The monoisotopic (exact) mass is 185 g/mol. The zero-order valence-corrected chi connectivity index (χ0v) is 9.51. The lowest BCUT2D eigenvalue weighted by molar-refractivity contribution is 0.223.